The molecular formula is C11H10BrFN2O4. The smallest absolute Gasteiger partial charge is 0.311 e. The molecule has 0 heterocycles. The number of benzene rings is 1. The molecule has 8 heteroatoms. The van der Waals surface area contributed by atoms with Crippen LogP contribution in [0.15, 0.2) is 16.6 Å². The first-order valence-electron chi connectivity index (χ1n) is 5.46. The van der Waals surface area contributed by atoms with E-state index in [9.17, 15) is 19.3 Å². The van der Waals surface area contributed by atoms with Crippen molar-refractivity contribution in [3.05, 3.63) is 32.5 Å². The summed E-state index contributed by atoms with van der Waals surface area (Å²) < 4.78 is 13.4. The molecule has 0 unspecified atom stereocenters. The van der Waals surface area contributed by atoms with Crippen molar-refractivity contribution in [1.82, 2.24) is 0 Å². The highest BCUT2D eigenvalue weighted by atomic mass is 79.9. The molecular weight excluding hydrogens is 323 g/mol. The van der Waals surface area contributed by atoms with Gasteiger partial charge in [-0.15, -0.1) is 0 Å². The Hall–Kier alpha value is -1.70. The van der Waals surface area contributed by atoms with Crippen LogP contribution in [-0.2, 0) is 4.79 Å². The zero-order chi connectivity index (χ0) is 14.2. The normalized spacial score (nSPS) is 15.9. The fourth-order valence-electron chi connectivity index (χ4n) is 1.71. The number of aliphatic carboxylic acids is 1. The molecule has 1 saturated carbocycles. The Labute approximate surface area is 115 Å². The minimum Gasteiger partial charge on any atom is -0.481 e. The third-order valence-corrected chi connectivity index (χ3v) is 3.77. The molecule has 0 spiro atoms. The fraction of sp³-hybridized carbons (Fsp3) is 0.364. The predicted octanol–water partition coefficient (Wildman–Crippen LogP) is 2.77. The zero-order valence-electron chi connectivity index (χ0n) is 9.65. The first-order valence-corrected chi connectivity index (χ1v) is 6.26. The van der Waals surface area contributed by atoms with Crippen LogP contribution in [0.4, 0.5) is 15.8 Å². The van der Waals surface area contributed by atoms with Crippen LogP contribution in [-0.4, -0.2) is 22.5 Å². The molecule has 2 rings (SSSR count). The van der Waals surface area contributed by atoms with Gasteiger partial charge >= 0.3 is 5.97 Å². The molecule has 19 heavy (non-hydrogen) atoms. The number of hydrogen-bond acceptors (Lipinski definition) is 4. The van der Waals surface area contributed by atoms with Crippen molar-refractivity contribution in [2.75, 3.05) is 11.9 Å². The van der Waals surface area contributed by atoms with Gasteiger partial charge in [-0.2, -0.15) is 0 Å². The monoisotopic (exact) mass is 332 g/mol. The number of carbonyl (C=O) groups is 1. The fourth-order valence-corrected chi connectivity index (χ4v) is 2.04. The van der Waals surface area contributed by atoms with Gasteiger partial charge in [-0.1, -0.05) is 0 Å². The number of anilines is 1. The summed E-state index contributed by atoms with van der Waals surface area (Å²) >= 11 is 2.87. The highest BCUT2D eigenvalue weighted by Crippen LogP contribution is 2.46. The molecule has 0 bridgehead atoms. The Kier molecular flexibility index (Phi) is 3.44. The van der Waals surface area contributed by atoms with Gasteiger partial charge in [0, 0.05) is 18.7 Å². The molecule has 0 atom stereocenters. The summed E-state index contributed by atoms with van der Waals surface area (Å²) in [5, 5.41) is 22.5. The van der Waals surface area contributed by atoms with Gasteiger partial charge < -0.3 is 10.4 Å². The third kappa shape index (κ3) is 2.67. The number of nitrogens with one attached hydrogen (secondary N) is 1. The van der Waals surface area contributed by atoms with Crippen LogP contribution in [0.25, 0.3) is 0 Å². The molecule has 1 aliphatic rings. The van der Waals surface area contributed by atoms with E-state index < -0.39 is 22.1 Å². The van der Waals surface area contributed by atoms with Crippen LogP contribution in [0.5, 0.6) is 0 Å². The molecule has 1 aromatic carbocycles. The maximum Gasteiger partial charge on any atom is 0.311 e. The summed E-state index contributed by atoms with van der Waals surface area (Å²) in [6, 6.07) is 2.04. The average Bonchev–Trinajstić information content (AvgIpc) is 3.11. The van der Waals surface area contributed by atoms with Gasteiger partial charge in [-0.25, -0.2) is 4.39 Å². The lowest BCUT2D eigenvalue weighted by Gasteiger charge is -2.12. The van der Waals surface area contributed by atoms with Crippen molar-refractivity contribution < 1.29 is 19.2 Å². The van der Waals surface area contributed by atoms with Gasteiger partial charge in [-0.05, 0) is 28.8 Å². The van der Waals surface area contributed by atoms with Gasteiger partial charge in [0.25, 0.3) is 5.69 Å². The van der Waals surface area contributed by atoms with Crippen LogP contribution >= 0.6 is 15.9 Å². The SMILES string of the molecule is O=C(O)C1(CNc2cc(F)c(Br)cc2[N+](=O)[O-])CC1. The van der Waals surface area contributed by atoms with Crippen molar-refractivity contribution in [3.8, 4) is 0 Å². The molecule has 102 valence electrons. The van der Waals surface area contributed by atoms with E-state index in [0.29, 0.717) is 12.8 Å². The Morgan fingerprint density at radius 1 is 1.58 bits per heavy atom. The third-order valence-electron chi connectivity index (χ3n) is 3.16. The van der Waals surface area contributed by atoms with E-state index in [2.05, 4.69) is 21.2 Å². The largest absolute Gasteiger partial charge is 0.481 e. The van der Waals surface area contributed by atoms with Crippen LogP contribution in [0.3, 0.4) is 0 Å². The molecule has 6 nitrogen and oxygen atoms in total. The van der Waals surface area contributed by atoms with Gasteiger partial charge in [0.15, 0.2) is 0 Å². The average molecular weight is 333 g/mol. The summed E-state index contributed by atoms with van der Waals surface area (Å²) in [6.07, 6.45) is 1.03. The first kappa shape index (κ1) is 13.7. The van der Waals surface area contributed by atoms with Gasteiger partial charge in [0.05, 0.1) is 14.8 Å². The summed E-state index contributed by atoms with van der Waals surface area (Å²) in [7, 11) is 0. The number of halogens is 2. The number of nitro groups is 1. The van der Waals surface area contributed by atoms with E-state index in [1.165, 1.54) is 0 Å². The van der Waals surface area contributed by atoms with Crippen molar-refractivity contribution in [1.29, 1.82) is 0 Å². The van der Waals surface area contributed by atoms with Crippen molar-refractivity contribution in [2.45, 2.75) is 12.8 Å². The van der Waals surface area contributed by atoms with E-state index in [4.69, 9.17) is 5.11 Å². The number of carboxylic acids is 1. The maximum atomic E-state index is 13.4. The Balaban J connectivity index is 2.22. The topological polar surface area (TPSA) is 92.5 Å². The Bertz CT molecular complexity index is 560. The van der Waals surface area contributed by atoms with Crippen molar-refractivity contribution in [2.24, 2.45) is 5.41 Å². The highest BCUT2D eigenvalue weighted by Gasteiger charge is 2.50. The summed E-state index contributed by atoms with van der Waals surface area (Å²) in [5.74, 6) is -1.59. The lowest BCUT2D eigenvalue weighted by atomic mass is 10.1. The van der Waals surface area contributed by atoms with Crippen LogP contribution in [0, 0.1) is 21.3 Å². The van der Waals surface area contributed by atoms with Crippen LogP contribution in [0.1, 0.15) is 12.8 Å². The van der Waals surface area contributed by atoms with Crippen molar-refractivity contribution in [3.63, 3.8) is 0 Å². The lowest BCUT2D eigenvalue weighted by molar-refractivity contribution is -0.384. The number of carboxylic acid groups (broad SMARTS) is 1. The van der Waals surface area contributed by atoms with Gasteiger partial charge in [0.1, 0.15) is 11.5 Å². The maximum absolute atomic E-state index is 13.4. The second-order valence-corrected chi connectivity index (χ2v) is 5.33. The molecule has 0 radical (unpaired) electrons. The first-order chi connectivity index (χ1) is 8.85. The molecule has 1 aliphatic carbocycles. The van der Waals surface area contributed by atoms with Crippen LogP contribution < -0.4 is 5.32 Å². The molecule has 0 aromatic heterocycles. The van der Waals surface area contributed by atoms with E-state index in [1.54, 1.807) is 0 Å². The molecule has 1 fully saturated rings. The standard InChI is InChI=1S/C11H10BrFN2O4/c12-6-3-9(15(18)19)8(4-7(6)13)14-5-11(1-2-11)10(16)17/h3-4,14H,1-2,5H2,(H,16,17). The summed E-state index contributed by atoms with van der Waals surface area (Å²) in [5.41, 5.74) is -1.19. The quantitative estimate of drug-likeness (QED) is 0.638. The summed E-state index contributed by atoms with van der Waals surface area (Å²) in [6.45, 7) is 0.0459. The number of nitrogens with zero attached hydrogens (tertiary/aromatic N) is 1. The number of hydrogen-bond donors (Lipinski definition) is 2. The van der Waals surface area contributed by atoms with Gasteiger partial charge in [-0.3, -0.25) is 14.9 Å². The van der Waals surface area contributed by atoms with E-state index in [1.807, 2.05) is 0 Å². The van der Waals surface area contributed by atoms with E-state index in [0.717, 1.165) is 12.1 Å². The van der Waals surface area contributed by atoms with E-state index in [-0.39, 0.29) is 22.4 Å². The molecule has 0 saturated heterocycles. The predicted molar refractivity (Wildman–Crippen MR) is 68.5 cm³/mol. The Morgan fingerprint density at radius 2 is 2.21 bits per heavy atom. The minimum atomic E-state index is -0.944. The molecule has 1 aromatic rings. The van der Waals surface area contributed by atoms with E-state index >= 15 is 0 Å². The number of nitro benzene ring substituents is 1. The highest BCUT2D eigenvalue weighted by molar-refractivity contribution is 9.10. The van der Waals surface area contributed by atoms with Gasteiger partial charge in [0.2, 0.25) is 0 Å². The zero-order valence-corrected chi connectivity index (χ0v) is 11.2. The van der Waals surface area contributed by atoms with Crippen molar-refractivity contribution >= 4 is 33.3 Å². The molecule has 2 N–H and O–H groups in total. The van der Waals surface area contributed by atoms with Crippen LogP contribution in [0.2, 0.25) is 0 Å². The molecule has 0 aliphatic heterocycles. The lowest BCUT2D eigenvalue weighted by Crippen LogP contribution is -2.24. The molecule has 0 amide bonds. The Morgan fingerprint density at radius 3 is 2.68 bits per heavy atom. The second-order valence-electron chi connectivity index (χ2n) is 4.48. The second kappa shape index (κ2) is 4.76. The number of rotatable bonds is 5. The summed E-state index contributed by atoms with van der Waals surface area (Å²) in [4.78, 5) is 21.2. The minimum absolute atomic E-state index is 0.0101.